The molecule has 0 fully saturated rings. The van der Waals surface area contributed by atoms with Crippen LogP contribution in [0.5, 0.6) is 0 Å². The standard InChI is InChI=1S/C19H19N5O7S/c20-16-7-6-13(24(27)28)10-15(16)19(26)31-11-18(25)22-12-3-1-4-14(9-12)32(29,30)23-17-5-2-8-21-17/h1,3-4,6-7,9-10H,2,5,8,11,20H2,(H,21,23)(H,22,25). The van der Waals surface area contributed by atoms with Gasteiger partial charge in [0.1, 0.15) is 5.84 Å². The molecule has 12 nitrogen and oxygen atoms in total. The van der Waals surface area contributed by atoms with E-state index in [0.717, 1.165) is 18.6 Å². The van der Waals surface area contributed by atoms with E-state index in [0.29, 0.717) is 18.8 Å². The molecule has 0 radical (unpaired) electrons. The Kier molecular flexibility index (Phi) is 6.68. The van der Waals surface area contributed by atoms with Crippen molar-refractivity contribution in [1.82, 2.24) is 4.72 Å². The van der Waals surface area contributed by atoms with Crippen molar-refractivity contribution >= 4 is 44.8 Å². The number of esters is 1. The van der Waals surface area contributed by atoms with Crippen LogP contribution in [0.1, 0.15) is 23.2 Å². The zero-order valence-electron chi connectivity index (χ0n) is 16.6. The number of nitro groups is 1. The molecule has 0 unspecified atom stereocenters. The second kappa shape index (κ2) is 9.43. The highest BCUT2D eigenvalue weighted by atomic mass is 32.2. The highest BCUT2D eigenvalue weighted by Crippen LogP contribution is 2.21. The molecule has 3 rings (SSSR count). The lowest BCUT2D eigenvalue weighted by molar-refractivity contribution is -0.384. The smallest absolute Gasteiger partial charge is 0.341 e. The van der Waals surface area contributed by atoms with E-state index in [-0.39, 0.29) is 27.5 Å². The quantitative estimate of drug-likeness (QED) is 0.239. The largest absolute Gasteiger partial charge is 0.452 e. The molecule has 0 saturated carbocycles. The van der Waals surface area contributed by atoms with Crippen LogP contribution in [0, 0.1) is 10.1 Å². The van der Waals surface area contributed by atoms with Gasteiger partial charge in [0, 0.05) is 36.5 Å². The zero-order valence-corrected chi connectivity index (χ0v) is 17.4. The van der Waals surface area contributed by atoms with Crippen molar-refractivity contribution in [2.24, 2.45) is 4.99 Å². The number of sulfonamides is 1. The van der Waals surface area contributed by atoms with Crippen molar-refractivity contribution in [3.8, 4) is 0 Å². The van der Waals surface area contributed by atoms with Gasteiger partial charge in [-0.1, -0.05) is 6.07 Å². The van der Waals surface area contributed by atoms with Crippen LogP contribution in [-0.4, -0.2) is 44.2 Å². The number of aliphatic imine (C=N–C) groups is 1. The number of hydrogen-bond donors (Lipinski definition) is 3. The molecule has 168 valence electrons. The number of amides is 1. The van der Waals surface area contributed by atoms with Crippen LogP contribution >= 0.6 is 0 Å². The van der Waals surface area contributed by atoms with Crippen LogP contribution in [0.4, 0.5) is 17.1 Å². The third-order valence-electron chi connectivity index (χ3n) is 4.36. The summed E-state index contributed by atoms with van der Waals surface area (Å²) in [5.41, 5.74) is 5.16. The second-order valence-electron chi connectivity index (χ2n) is 6.72. The summed E-state index contributed by atoms with van der Waals surface area (Å²) in [4.78, 5) is 38.4. The lowest BCUT2D eigenvalue weighted by Crippen LogP contribution is -2.29. The molecule has 0 bridgehead atoms. The molecule has 32 heavy (non-hydrogen) atoms. The van der Waals surface area contributed by atoms with Crippen LogP contribution in [0.15, 0.2) is 52.4 Å². The van der Waals surface area contributed by atoms with Crippen molar-refractivity contribution < 1.29 is 27.7 Å². The molecule has 1 heterocycles. The van der Waals surface area contributed by atoms with Gasteiger partial charge in [0.05, 0.1) is 15.4 Å². The van der Waals surface area contributed by atoms with Gasteiger partial charge >= 0.3 is 5.97 Å². The fourth-order valence-corrected chi connectivity index (χ4v) is 3.95. The number of hydrogen-bond acceptors (Lipinski definition) is 9. The lowest BCUT2D eigenvalue weighted by atomic mass is 10.1. The Balaban J connectivity index is 1.62. The van der Waals surface area contributed by atoms with Gasteiger partial charge < -0.3 is 15.8 Å². The van der Waals surface area contributed by atoms with Gasteiger partial charge in [-0.05, 0) is 30.7 Å². The Labute approximate surface area is 182 Å². The topological polar surface area (TPSA) is 183 Å². The number of non-ortho nitro benzene ring substituents is 1. The number of amidine groups is 1. The Bertz CT molecular complexity index is 1210. The number of nitrogen functional groups attached to an aromatic ring is 1. The number of nitro benzene ring substituents is 1. The summed E-state index contributed by atoms with van der Waals surface area (Å²) in [6, 6.07) is 8.78. The van der Waals surface area contributed by atoms with Crippen LogP contribution in [-0.2, 0) is 19.6 Å². The number of nitrogens with zero attached hydrogens (tertiary/aromatic N) is 2. The molecule has 0 aliphatic carbocycles. The molecule has 1 aliphatic heterocycles. The van der Waals surface area contributed by atoms with E-state index in [2.05, 4.69) is 15.0 Å². The molecule has 2 aromatic carbocycles. The van der Waals surface area contributed by atoms with Crippen molar-refractivity contribution in [2.75, 3.05) is 24.2 Å². The first-order valence-electron chi connectivity index (χ1n) is 9.33. The Hall–Kier alpha value is -4.00. The molecule has 0 saturated heterocycles. The summed E-state index contributed by atoms with van der Waals surface area (Å²) < 4.78 is 32.2. The molecular weight excluding hydrogens is 442 g/mol. The van der Waals surface area contributed by atoms with Gasteiger partial charge in [-0.2, -0.15) is 0 Å². The first-order chi connectivity index (χ1) is 15.2. The molecule has 2 aromatic rings. The number of nitrogens with two attached hydrogens (primary N) is 1. The molecule has 4 N–H and O–H groups in total. The average molecular weight is 461 g/mol. The summed E-state index contributed by atoms with van der Waals surface area (Å²) >= 11 is 0. The van der Waals surface area contributed by atoms with Gasteiger partial charge in [-0.15, -0.1) is 0 Å². The van der Waals surface area contributed by atoms with Gasteiger partial charge in [0.2, 0.25) is 0 Å². The normalized spacial score (nSPS) is 13.2. The summed E-state index contributed by atoms with van der Waals surface area (Å²) in [5.74, 6) is -1.38. The van der Waals surface area contributed by atoms with Gasteiger partial charge in [-0.3, -0.25) is 24.6 Å². The minimum atomic E-state index is -3.87. The first kappa shape index (κ1) is 22.7. The van der Waals surface area contributed by atoms with Crippen LogP contribution < -0.4 is 15.8 Å². The summed E-state index contributed by atoms with van der Waals surface area (Å²) in [5, 5.41) is 13.3. The maximum absolute atomic E-state index is 12.5. The van der Waals surface area contributed by atoms with Gasteiger partial charge in [0.15, 0.2) is 6.61 Å². The minimum absolute atomic E-state index is 0.0433. The Morgan fingerprint density at radius 1 is 1.22 bits per heavy atom. The second-order valence-corrected chi connectivity index (χ2v) is 8.40. The van der Waals surface area contributed by atoms with Gasteiger partial charge in [0.25, 0.3) is 21.6 Å². The summed E-state index contributed by atoms with van der Waals surface area (Å²) in [7, 11) is -3.87. The highest BCUT2D eigenvalue weighted by molar-refractivity contribution is 7.90. The lowest BCUT2D eigenvalue weighted by Gasteiger charge is -2.10. The molecule has 13 heteroatoms. The van der Waals surface area contributed by atoms with Crippen molar-refractivity contribution in [3.05, 3.63) is 58.1 Å². The maximum atomic E-state index is 12.5. The number of rotatable bonds is 7. The van der Waals surface area contributed by atoms with Gasteiger partial charge in [-0.25, -0.2) is 13.2 Å². The summed E-state index contributed by atoms with van der Waals surface area (Å²) in [6.07, 6.45) is 1.31. The molecule has 0 atom stereocenters. The van der Waals surface area contributed by atoms with E-state index in [1.165, 1.54) is 30.3 Å². The fourth-order valence-electron chi connectivity index (χ4n) is 2.82. The van der Waals surface area contributed by atoms with Crippen molar-refractivity contribution in [2.45, 2.75) is 17.7 Å². The Morgan fingerprint density at radius 3 is 2.69 bits per heavy atom. The van der Waals surface area contributed by atoms with Crippen LogP contribution in [0.25, 0.3) is 0 Å². The van der Waals surface area contributed by atoms with E-state index in [4.69, 9.17) is 10.5 Å². The van der Waals surface area contributed by atoms with E-state index in [1.807, 2.05) is 0 Å². The molecule has 1 aliphatic rings. The van der Waals surface area contributed by atoms with E-state index < -0.39 is 33.4 Å². The number of nitrogens with one attached hydrogen (secondary N) is 2. The van der Waals surface area contributed by atoms with E-state index in [1.54, 1.807) is 0 Å². The molecule has 1 amide bonds. The van der Waals surface area contributed by atoms with Crippen molar-refractivity contribution in [1.29, 1.82) is 0 Å². The maximum Gasteiger partial charge on any atom is 0.341 e. The fraction of sp³-hybridized carbons (Fsp3) is 0.211. The Morgan fingerprint density at radius 2 is 2.00 bits per heavy atom. The predicted octanol–water partition coefficient (Wildman–Crippen LogP) is 1.44. The molecule has 0 spiro atoms. The molecule has 0 aromatic heterocycles. The third-order valence-corrected chi connectivity index (χ3v) is 5.74. The average Bonchev–Trinajstić information content (AvgIpc) is 3.24. The van der Waals surface area contributed by atoms with E-state index in [9.17, 15) is 28.1 Å². The van der Waals surface area contributed by atoms with Crippen LogP contribution in [0.2, 0.25) is 0 Å². The number of ether oxygens (including phenoxy) is 1. The SMILES string of the molecule is Nc1ccc([N+](=O)[O-])cc1C(=O)OCC(=O)Nc1cccc(S(=O)(=O)NC2=NCCC2)c1. The number of carbonyl (C=O) groups excluding carboxylic acids is 2. The third kappa shape index (κ3) is 5.57. The zero-order chi connectivity index (χ0) is 23.3. The minimum Gasteiger partial charge on any atom is -0.452 e. The number of carbonyl (C=O) groups is 2. The van der Waals surface area contributed by atoms with E-state index >= 15 is 0 Å². The monoisotopic (exact) mass is 461 g/mol. The number of anilines is 2. The van der Waals surface area contributed by atoms with Crippen LogP contribution in [0.3, 0.4) is 0 Å². The predicted molar refractivity (Wildman–Crippen MR) is 115 cm³/mol. The number of benzene rings is 2. The van der Waals surface area contributed by atoms with Crippen molar-refractivity contribution in [3.63, 3.8) is 0 Å². The highest BCUT2D eigenvalue weighted by Gasteiger charge is 2.20. The summed E-state index contributed by atoms with van der Waals surface area (Å²) in [6.45, 7) is -0.151. The molecular formula is C19H19N5O7S. The first-order valence-corrected chi connectivity index (χ1v) is 10.8.